The van der Waals surface area contributed by atoms with E-state index < -0.39 is 5.60 Å². The minimum Gasteiger partial charge on any atom is -0.393 e. The highest BCUT2D eigenvalue weighted by atomic mass is 16.3. The van der Waals surface area contributed by atoms with Gasteiger partial charge < -0.3 is 10.2 Å². The highest BCUT2D eigenvalue weighted by molar-refractivity contribution is 4.91. The molecular formula is C13H26O2. The zero-order valence-corrected chi connectivity index (χ0v) is 10.5. The van der Waals surface area contributed by atoms with Crippen LogP contribution in [0.1, 0.15) is 47.0 Å². The summed E-state index contributed by atoms with van der Waals surface area (Å²) in [5.74, 6) is 2.10. The van der Waals surface area contributed by atoms with Crippen LogP contribution in [0, 0.1) is 23.7 Å². The fourth-order valence-corrected chi connectivity index (χ4v) is 3.03. The maximum atomic E-state index is 10.2. The molecule has 90 valence electrons. The van der Waals surface area contributed by atoms with Crippen molar-refractivity contribution in [1.82, 2.24) is 0 Å². The summed E-state index contributed by atoms with van der Waals surface area (Å²) in [4.78, 5) is 0. The van der Waals surface area contributed by atoms with E-state index in [2.05, 4.69) is 20.8 Å². The molecule has 0 aliphatic heterocycles. The number of aliphatic hydroxyl groups excluding tert-OH is 1. The van der Waals surface area contributed by atoms with Gasteiger partial charge in [-0.25, -0.2) is 0 Å². The molecule has 4 unspecified atom stereocenters. The van der Waals surface area contributed by atoms with Crippen LogP contribution in [0.15, 0.2) is 0 Å². The Morgan fingerprint density at radius 1 is 1.33 bits per heavy atom. The lowest BCUT2D eigenvalue weighted by molar-refractivity contribution is -0.0925. The Labute approximate surface area is 93.7 Å². The van der Waals surface area contributed by atoms with Crippen LogP contribution in [0.2, 0.25) is 0 Å². The Morgan fingerprint density at radius 3 is 2.40 bits per heavy atom. The topological polar surface area (TPSA) is 40.5 Å². The van der Waals surface area contributed by atoms with Crippen molar-refractivity contribution in [3.8, 4) is 0 Å². The van der Waals surface area contributed by atoms with Gasteiger partial charge in [-0.05, 0) is 43.4 Å². The Kier molecular flexibility index (Phi) is 4.19. The molecule has 0 amide bonds. The van der Waals surface area contributed by atoms with Crippen molar-refractivity contribution >= 4 is 0 Å². The van der Waals surface area contributed by atoms with Crippen LogP contribution in [0.3, 0.4) is 0 Å². The smallest absolute Gasteiger partial charge is 0.0880 e. The van der Waals surface area contributed by atoms with E-state index >= 15 is 0 Å². The molecule has 1 rings (SSSR count). The molecule has 2 heteroatoms. The molecule has 1 fully saturated rings. The molecular weight excluding hydrogens is 188 g/mol. The fourth-order valence-electron chi connectivity index (χ4n) is 3.03. The van der Waals surface area contributed by atoms with E-state index in [9.17, 15) is 10.2 Å². The second-order valence-electron chi connectivity index (χ2n) is 5.95. The average molecular weight is 214 g/mol. The molecule has 0 aromatic rings. The van der Waals surface area contributed by atoms with Gasteiger partial charge in [0.15, 0.2) is 0 Å². The molecule has 1 aliphatic carbocycles. The van der Waals surface area contributed by atoms with Gasteiger partial charge in [0.1, 0.15) is 0 Å². The number of aliphatic hydroxyl groups is 2. The van der Waals surface area contributed by atoms with Crippen LogP contribution in [0.4, 0.5) is 0 Å². The molecule has 0 aromatic heterocycles. The van der Waals surface area contributed by atoms with Crippen LogP contribution in [-0.4, -0.2) is 22.4 Å². The van der Waals surface area contributed by atoms with Gasteiger partial charge in [-0.2, -0.15) is 0 Å². The molecule has 0 radical (unpaired) electrons. The summed E-state index contributed by atoms with van der Waals surface area (Å²) in [5, 5.41) is 19.5. The third-order valence-corrected chi connectivity index (χ3v) is 4.14. The lowest BCUT2D eigenvalue weighted by Gasteiger charge is -2.44. The van der Waals surface area contributed by atoms with Gasteiger partial charge in [0, 0.05) is 0 Å². The summed E-state index contributed by atoms with van der Waals surface area (Å²) in [6, 6.07) is 0. The number of hydrogen-bond acceptors (Lipinski definition) is 2. The van der Waals surface area contributed by atoms with Crippen molar-refractivity contribution < 1.29 is 10.2 Å². The van der Waals surface area contributed by atoms with E-state index in [0.29, 0.717) is 17.8 Å². The maximum absolute atomic E-state index is 10.2. The van der Waals surface area contributed by atoms with Crippen molar-refractivity contribution in [2.75, 3.05) is 6.61 Å². The Balaban J connectivity index is 2.79. The molecule has 0 spiro atoms. The first kappa shape index (κ1) is 13.0. The van der Waals surface area contributed by atoms with Crippen LogP contribution >= 0.6 is 0 Å². The predicted octanol–water partition coefficient (Wildman–Crippen LogP) is 2.44. The predicted molar refractivity (Wildman–Crippen MR) is 62.5 cm³/mol. The van der Waals surface area contributed by atoms with Crippen molar-refractivity contribution in [1.29, 1.82) is 0 Å². The molecule has 2 N–H and O–H groups in total. The lowest BCUT2D eigenvalue weighted by Crippen LogP contribution is -2.46. The molecule has 15 heavy (non-hydrogen) atoms. The molecule has 1 aliphatic rings. The van der Waals surface area contributed by atoms with Crippen molar-refractivity contribution in [2.24, 2.45) is 23.7 Å². The van der Waals surface area contributed by atoms with Crippen LogP contribution in [0.5, 0.6) is 0 Å². The van der Waals surface area contributed by atoms with Crippen molar-refractivity contribution in [3.63, 3.8) is 0 Å². The lowest BCUT2D eigenvalue weighted by atomic mass is 9.64. The number of hydrogen-bond donors (Lipinski definition) is 2. The summed E-state index contributed by atoms with van der Waals surface area (Å²) in [6.45, 7) is 8.36. The van der Waals surface area contributed by atoms with Gasteiger partial charge in [0.05, 0.1) is 12.2 Å². The van der Waals surface area contributed by atoms with E-state index in [1.165, 1.54) is 12.8 Å². The molecule has 2 nitrogen and oxygen atoms in total. The van der Waals surface area contributed by atoms with Crippen LogP contribution in [-0.2, 0) is 0 Å². The average Bonchev–Trinajstić information content (AvgIpc) is 2.17. The van der Waals surface area contributed by atoms with Crippen LogP contribution in [0.25, 0.3) is 0 Å². The molecule has 4 atom stereocenters. The summed E-state index contributed by atoms with van der Waals surface area (Å²) in [6.07, 6.45) is 3.51. The second-order valence-corrected chi connectivity index (χ2v) is 5.95. The standard InChI is InChI=1S/C13H26O2/c1-9(2)11-6-5-10(3)7-12(11)13(4,15)8-14/h9-12,14-15H,5-8H2,1-4H3. The highest BCUT2D eigenvalue weighted by Crippen LogP contribution is 2.43. The summed E-state index contributed by atoms with van der Waals surface area (Å²) >= 11 is 0. The van der Waals surface area contributed by atoms with E-state index in [0.717, 1.165) is 6.42 Å². The van der Waals surface area contributed by atoms with Gasteiger partial charge in [0.2, 0.25) is 0 Å². The molecule has 0 aromatic carbocycles. The minimum absolute atomic E-state index is 0.117. The molecule has 0 heterocycles. The normalized spacial score (nSPS) is 36.6. The fraction of sp³-hybridized carbons (Fsp3) is 1.00. The van der Waals surface area contributed by atoms with Gasteiger partial charge in [-0.1, -0.05) is 27.2 Å². The van der Waals surface area contributed by atoms with E-state index in [1.54, 1.807) is 6.92 Å². The van der Waals surface area contributed by atoms with Gasteiger partial charge in [-0.15, -0.1) is 0 Å². The monoisotopic (exact) mass is 214 g/mol. The summed E-state index contributed by atoms with van der Waals surface area (Å²) in [7, 11) is 0. The Bertz CT molecular complexity index is 199. The summed E-state index contributed by atoms with van der Waals surface area (Å²) < 4.78 is 0. The highest BCUT2D eigenvalue weighted by Gasteiger charge is 2.41. The minimum atomic E-state index is -0.899. The Hall–Kier alpha value is -0.0800. The van der Waals surface area contributed by atoms with E-state index in [1.807, 2.05) is 0 Å². The van der Waals surface area contributed by atoms with E-state index in [4.69, 9.17) is 0 Å². The summed E-state index contributed by atoms with van der Waals surface area (Å²) in [5.41, 5.74) is -0.899. The second kappa shape index (κ2) is 4.84. The molecule has 1 saturated carbocycles. The SMILES string of the molecule is CC1CCC(C(C)C)C(C(C)(O)CO)C1. The van der Waals surface area contributed by atoms with Crippen molar-refractivity contribution in [3.05, 3.63) is 0 Å². The number of rotatable bonds is 3. The van der Waals surface area contributed by atoms with E-state index in [-0.39, 0.29) is 12.5 Å². The first-order valence-corrected chi connectivity index (χ1v) is 6.21. The van der Waals surface area contributed by atoms with Crippen molar-refractivity contribution in [2.45, 2.75) is 52.6 Å². The van der Waals surface area contributed by atoms with Gasteiger partial charge in [-0.3, -0.25) is 0 Å². The largest absolute Gasteiger partial charge is 0.393 e. The maximum Gasteiger partial charge on any atom is 0.0880 e. The van der Waals surface area contributed by atoms with Gasteiger partial charge >= 0.3 is 0 Å². The zero-order valence-electron chi connectivity index (χ0n) is 10.5. The first-order chi connectivity index (χ1) is 6.88. The first-order valence-electron chi connectivity index (χ1n) is 6.21. The molecule has 0 bridgehead atoms. The molecule has 0 saturated heterocycles. The van der Waals surface area contributed by atoms with Gasteiger partial charge in [0.25, 0.3) is 0 Å². The third-order valence-electron chi connectivity index (χ3n) is 4.14. The third kappa shape index (κ3) is 2.94. The quantitative estimate of drug-likeness (QED) is 0.757. The zero-order chi connectivity index (χ0) is 11.6. The Morgan fingerprint density at radius 2 is 1.93 bits per heavy atom. The van der Waals surface area contributed by atoms with Crippen LogP contribution < -0.4 is 0 Å².